The van der Waals surface area contributed by atoms with Gasteiger partial charge in [-0.2, -0.15) is 0 Å². The van der Waals surface area contributed by atoms with Crippen LogP contribution >= 0.6 is 0 Å². The molecule has 2 heteroatoms. The highest BCUT2D eigenvalue weighted by molar-refractivity contribution is 4.76. The zero-order valence-corrected chi connectivity index (χ0v) is 36.1. The second-order valence-corrected chi connectivity index (χ2v) is 17.7. The van der Waals surface area contributed by atoms with Crippen LogP contribution in [0.15, 0.2) is 0 Å². The van der Waals surface area contributed by atoms with E-state index in [1.54, 1.807) is 0 Å². The maximum atomic E-state index is 10.2. The summed E-state index contributed by atoms with van der Waals surface area (Å²) in [4.78, 5) is 0. The minimum absolute atomic E-state index is 0.318. The summed E-state index contributed by atoms with van der Waals surface area (Å²) in [5, 5.41) is 20.3. The highest BCUT2D eigenvalue weighted by atomic mass is 16.5. The first-order valence-corrected chi connectivity index (χ1v) is 24.4. The van der Waals surface area contributed by atoms with Crippen molar-refractivity contribution in [2.75, 3.05) is 0 Å². The Balaban J connectivity index is 3.43. The summed E-state index contributed by atoms with van der Waals surface area (Å²) >= 11 is 0. The van der Waals surface area contributed by atoms with Crippen molar-refractivity contribution in [3.8, 4) is 0 Å². The molecule has 0 saturated carbocycles. The molecule has 0 aliphatic heterocycles. The first-order valence-electron chi connectivity index (χ1n) is 24.4. The van der Waals surface area contributed by atoms with Crippen LogP contribution in [0, 0.1) is 5.41 Å². The Bertz CT molecular complexity index is 617. The van der Waals surface area contributed by atoms with Crippen LogP contribution in [0.4, 0.5) is 0 Å². The lowest BCUT2D eigenvalue weighted by Gasteiger charge is -2.31. The fourth-order valence-electron chi connectivity index (χ4n) is 8.30. The van der Waals surface area contributed by atoms with Crippen LogP contribution in [0.2, 0.25) is 0 Å². The molecule has 0 bridgehead atoms. The van der Waals surface area contributed by atoms with Crippen LogP contribution in [-0.2, 0) is 0 Å². The molecule has 0 amide bonds. The molecule has 1 unspecified atom stereocenters. The number of aliphatic hydroxyl groups is 2. The molecular weight excluding hydrogens is 621 g/mol. The van der Waals surface area contributed by atoms with Gasteiger partial charge in [-0.15, -0.1) is 0 Å². The fraction of sp³-hybridized carbons (Fsp3) is 1.00. The van der Waals surface area contributed by atoms with Crippen molar-refractivity contribution in [3.63, 3.8) is 0 Å². The van der Waals surface area contributed by atoms with E-state index in [-0.39, 0.29) is 5.41 Å². The van der Waals surface area contributed by atoms with Gasteiger partial charge in [0.05, 0.1) is 0 Å². The molecule has 0 saturated heterocycles. The molecule has 0 rings (SSSR count). The molecule has 0 spiro atoms. The zero-order valence-electron chi connectivity index (χ0n) is 36.1. The van der Waals surface area contributed by atoms with Crippen LogP contribution in [-0.4, -0.2) is 16.5 Å². The number of rotatable bonds is 45. The van der Waals surface area contributed by atoms with Crippen molar-refractivity contribution >= 4 is 0 Å². The summed E-state index contributed by atoms with van der Waals surface area (Å²) in [6.07, 6.45) is 59.9. The first-order chi connectivity index (χ1) is 25.1. The van der Waals surface area contributed by atoms with Crippen LogP contribution in [0.1, 0.15) is 303 Å². The maximum absolute atomic E-state index is 10.2. The summed E-state index contributed by atoms with van der Waals surface area (Å²) in [5.41, 5.74) is -0.318. The second kappa shape index (κ2) is 42.7. The molecule has 0 aliphatic rings. The summed E-state index contributed by atoms with van der Waals surface area (Å²) in [7, 11) is 0. The molecule has 0 radical (unpaired) electrons. The van der Waals surface area contributed by atoms with E-state index >= 15 is 0 Å². The minimum atomic E-state index is -1.17. The third-order valence-electron chi connectivity index (χ3n) is 12.3. The average Bonchev–Trinajstić information content (AvgIpc) is 3.12. The number of hydrogen-bond donors (Lipinski definition) is 2. The van der Waals surface area contributed by atoms with Gasteiger partial charge in [0.15, 0.2) is 6.29 Å². The molecule has 0 aliphatic carbocycles. The van der Waals surface area contributed by atoms with Gasteiger partial charge in [0.25, 0.3) is 0 Å². The van der Waals surface area contributed by atoms with E-state index in [4.69, 9.17) is 0 Å². The number of hydrogen-bond acceptors (Lipinski definition) is 2. The lowest BCUT2D eigenvalue weighted by atomic mass is 9.79. The topological polar surface area (TPSA) is 40.5 Å². The molecule has 0 fully saturated rings. The van der Waals surface area contributed by atoms with Crippen molar-refractivity contribution in [3.05, 3.63) is 0 Å². The van der Waals surface area contributed by atoms with Crippen LogP contribution in [0.3, 0.4) is 0 Å². The van der Waals surface area contributed by atoms with Gasteiger partial charge in [-0.3, -0.25) is 0 Å². The van der Waals surface area contributed by atoms with Gasteiger partial charge in [0.1, 0.15) is 0 Å². The predicted octanol–water partition coefficient (Wildman–Crippen LogP) is 17.5. The molecule has 0 heterocycles. The minimum Gasteiger partial charge on any atom is -0.368 e. The Morgan fingerprint density at radius 3 is 0.529 bits per heavy atom. The third kappa shape index (κ3) is 39.4. The Kier molecular flexibility index (Phi) is 42.6. The quantitative estimate of drug-likeness (QED) is 0.0486. The SMILES string of the molecule is CCCCCCCCCCCCCCCCCCCCCCCCC(C)(CCCCCCCCCCCCCCCCCCCCCC)C(O)O. The molecule has 0 aromatic heterocycles. The summed E-state index contributed by atoms with van der Waals surface area (Å²) < 4.78 is 0. The average molecular weight is 721 g/mol. The number of aliphatic hydroxyl groups excluding tert-OH is 1. The zero-order chi connectivity index (χ0) is 37.2. The van der Waals surface area contributed by atoms with E-state index in [1.165, 1.54) is 257 Å². The van der Waals surface area contributed by atoms with Gasteiger partial charge in [-0.25, -0.2) is 0 Å². The van der Waals surface area contributed by atoms with Crippen molar-refractivity contribution in [1.29, 1.82) is 0 Å². The van der Waals surface area contributed by atoms with E-state index in [9.17, 15) is 10.2 Å². The molecule has 308 valence electrons. The molecule has 51 heavy (non-hydrogen) atoms. The summed E-state index contributed by atoms with van der Waals surface area (Å²) in [6.45, 7) is 6.72. The molecular formula is C49H100O2. The van der Waals surface area contributed by atoms with Gasteiger partial charge >= 0.3 is 0 Å². The molecule has 0 aromatic carbocycles. The van der Waals surface area contributed by atoms with Gasteiger partial charge in [0.2, 0.25) is 0 Å². The normalized spacial score (nSPS) is 13.1. The van der Waals surface area contributed by atoms with Crippen molar-refractivity contribution in [2.45, 2.75) is 310 Å². The van der Waals surface area contributed by atoms with E-state index in [2.05, 4.69) is 20.8 Å². The van der Waals surface area contributed by atoms with Gasteiger partial charge in [-0.1, -0.05) is 290 Å². The lowest BCUT2D eigenvalue weighted by Crippen LogP contribution is -2.32. The molecule has 1 atom stereocenters. The Labute approximate surface area is 324 Å². The highest BCUT2D eigenvalue weighted by Gasteiger charge is 2.30. The second-order valence-electron chi connectivity index (χ2n) is 17.7. The van der Waals surface area contributed by atoms with E-state index in [0.717, 1.165) is 25.7 Å². The standard InChI is InChI=1S/C49H100O2/c1-4-6-8-10-12-14-16-18-20-22-24-26-27-29-31-33-35-37-39-41-43-45-47-49(3,48(50)51)46-44-42-40-38-36-34-32-30-28-25-23-21-19-17-15-13-11-9-7-5-2/h48,50-51H,4-47H2,1-3H3. The smallest absolute Gasteiger partial charge is 0.156 e. The highest BCUT2D eigenvalue weighted by Crippen LogP contribution is 2.34. The van der Waals surface area contributed by atoms with Crippen LogP contribution < -0.4 is 0 Å². The van der Waals surface area contributed by atoms with E-state index in [1.807, 2.05) is 0 Å². The first kappa shape index (κ1) is 50.9. The Morgan fingerprint density at radius 1 is 0.255 bits per heavy atom. The molecule has 2 N–H and O–H groups in total. The van der Waals surface area contributed by atoms with E-state index < -0.39 is 6.29 Å². The number of unbranched alkanes of at least 4 members (excludes halogenated alkanes) is 40. The van der Waals surface area contributed by atoms with Gasteiger partial charge in [-0.05, 0) is 12.8 Å². The van der Waals surface area contributed by atoms with Crippen molar-refractivity contribution < 1.29 is 10.2 Å². The predicted molar refractivity (Wildman–Crippen MR) is 231 cm³/mol. The Hall–Kier alpha value is -0.0800. The van der Waals surface area contributed by atoms with E-state index in [0.29, 0.717) is 0 Å². The molecule has 2 nitrogen and oxygen atoms in total. The Morgan fingerprint density at radius 2 is 0.392 bits per heavy atom. The lowest BCUT2D eigenvalue weighted by molar-refractivity contribution is -0.135. The third-order valence-corrected chi connectivity index (χ3v) is 12.3. The largest absolute Gasteiger partial charge is 0.368 e. The van der Waals surface area contributed by atoms with Crippen molar-refractivity contribution in [1.82, 2.24) is 0 Å². The summed E-state index contributed by atoms with van der Waals surface area (Å²) in [5.74, 6) is 0. The maximum Gasteiger partial charge on any atom is 0.156 e. The fourth-order valence-corrected chi connectivity index (χ4v) is 8.30. The summed E-state index contributed by atoms with van der Waals surface area (Å²) in [6, 6.07) is 0. The molecule has 0 aromatic rings. The van der Waals surface area contributed by atoms with Gasteiger partial charge in [0, 0.05) is 5.41 Å². The van der Waals surface area contributed by atoms with Crippen LogP contribution in [0.5, 0.6) is 0 Å². The van der Waals surface area contributed by atoms with Gasteiger partial charge < -0.3 is 10.2 Å². The van der Waals surface area contributed by atoms with Crippen molar-refractivity contribution in [2.24, 2.45) is 5.41 Å². The van der Waals surface area contributed by atoms with Crippen LogP contribution in [0.25, 0.3) is 0 Å². The monoisotopic (exact) mass is 721 g/mol.